The van der Waals surface area contributed by atoms with E-state index in [4.69, 9.17) is 4.74 Å². The third-order valence-electron chi connectivity index (χ3n) is 5.67. The zero-order valence-electron chi connectivity index (χ0n) is 16.6. The molecule has 1 aliphatic heterocycles. The van der Waals surface area contributed by atoms with Crippen LogP contribution in [0.5, 0.6) is 0 Å². The second kappa shape index (κ2) is 8.63. The van der Waals surface area contributed by atoms with E-state index in [9.17, 15) is 15.3 Å². The summed E-state index contributed by atoms with van der Waals surface area (Å²) in [6, 6.07) is 14.0. The van der Waals surface area contributed by atoms with Gasteiger partial charge in [-0.05, 0) is 41.3 Å². The number of hydrogen-bond acceptors (Lipinski definition) is 5. The van der Waals surface area contributed by atoms with Crippen molar-refractivity contribution in [2.75, 3.05) is 6.61 Å². The van der Waals surface area contributed by atoms with Gasteiger partial charge in [-0.25, -0.2) is 4.98 Å². The molecule has 1 aliphatic rings. The first-order chi connectivity index (χ1) is 14.1. The van der Waals surface area contributed by atoms with Crippen LogP contribution in [-0.4, -0.2) is 49.8 Å². The quantitative estimate of drug-likeness (QED) is 0.596. The molecule has 3 N–H and O–H groups in total. The Morgan fingerprint density at radius 1 is 1.14 bits per heavy atom. The van der Waals surface area contributed by atoms with Crippen LogP contribution >= 0.6 is 0 Å². The second-order valence-electron chi connectivity index (χ2n) is 7.78. The van der Waals surface area contributed by atoms with Crippen LogP contribution in [0.25, 0.3) is 22.2 Å². The van der Waals surface area contributed by atoms with Gasteiger partial charge in [-0.3, -0.25) is 0 Å². The first-order valence-electron chi connectivity index (χ1n) is 10.3. The molecule has 0 saturated carbocycles. The average Bonchev–Trinajstić information content (AvgIpc) is 3.16. The van der Waals surface area contributed by atoms with Gasteiger partial charge in [0.2, 0.25) is 0 Å². The molecule has 3 unspecified atom stereocenters. The molecule has 0 amide bonds. The van der Waals surface area contributed by atoms with Crippen LogP contribution in [0.2, 0.25) is 0 Å². The highest BCUT2D eigenvalue weighted by atomic mass is 16.5. The van der Waals surface area contributed by atoms with E-state index in [0.29, 0.717) is 0 Å². The molecule has 4 atom stereocenters. The minimum atomic E-state index is -1.02. The molecule has 4 rings (SSSR count). The maximum atomic E-state index is 10.4. The topological polar surface area (TPSA) is 87.7 Å². The van der Waals surface area contributed by atoms with E-state index in [0.717, 1.165) is 47.1 Å². The molecule has 1 fully saturated rings. The number of aliphatic hydroxyl groups excluding tert-OH is 3. The summed E-state index contributed by atoms with van der Waals surface area (Å²) in [6.45, 7) is 2.94. The molecule has 6 nitrogen and oxygen atoms in total. The van der Waals surface area contributed by atoms with Crippen LogP contribution in [0.1, 0.15) is 37.9 Å². The fourth-order valence-electron chi connectivity index (χ4n) is 3.99. The summed E-state index contributed by atoms with van der Waals surface area (Å²) in [7, 11) is 0. The zero-order chi connectivity index (χ0) is 20.4. The molecule has 6 heteroatoms. The number of hydrogen-bond donors (Lipinski definition) is 3. The molecular weight excluding hydrogens is 368 g/mol. The Morgan fingerprint density at radius 3 is 2.76 bits per heavy atom. The molecule has 2 heterocycles. The highest BCUT2D eigenvalue weighted by Gasteiger charge is 2.37. The number of aromatic nitrogens is 2. The summed E-state index contributed by atoms with van der Waals surface area (Å²) in [5.74, 6) is 0. The Bertz CT molecular complexity index is 970. The van der Waals surface area contributed by atoms with E-state index in [1.54, 1.807) is 0 Å². The zero-order valence-corrected chi connectivity index (χ0v) is 16.6. The van der Waals surface area contributed by atoms with Gasteiger partial charge in [0.05, 0.1) is 36.2 Å². The summed E-state index contributed by atoms with van der Waals surface area (Å²) in [5.41, 5.74) is 4.92. The maximum Gasteiger partial charge on any atom is 0.111 e. The van der Waals surface area contributed by atoms with Crippen LogP contribution in [-0.2, 0) is 11.3 Å². The first kappa shape index (κ1) is 20.0. The van der Waals surface area contributed by atoms with E-state index in [1.165, 1.54) is 0 Å². The fourth-order valence-corrected chi connectivity index (χ4v) is 3.99. The first-order valence-corrected chi connectivity index (χ1v) is 10.3. The summed E-state index contributed by atoms with van der Waals surface area (Å²) < 4.78 is 8.03. The van der Waals surface area contributed by atoms with Gasteiger partial charge >= 0.3 is 0 Å². The molecule has 0 radical (unpaired) electrons. The molecule has 2 aromatic carbocycles. The number of unbranched alkanes of at least 4 members (excludes halogenated alkanes) is 1. The molecule has 3 aromatic rings. The summed E-state index contributed by atoms with van der Waals surface area (Å²) in [4.78, 5) is 4.49. The maximum absolute atomic E-state index is 10.4. The van der Waals surface area contributed by atoms with Crippen LogP contribution in [0.15, 0.2) is 48.8 Å². The van der Waals surface area contributed by atoms with Gasteiger partial charge in [-0.2, -0.15) is 0 Å². The number of aliphatic hydroxyl groups is 3. The molecule has 0 bridgehead atoms. The number of fused-ring (bicyclic) bond motifs is 1. The molecule has 1 saturated heterocycles. The third kappa shape index (κ3) is 4.07. The van der Waals surface area contributed by atoms with Gasteiger partial charge in [0.15, 0.2) is 0 Å². The average molecular weight is 396 g/mol. The summed E-state index contributed by atoms with van der Waals surface area (Å²) in [5, 5.41) is 30.0. The summed E-state index contributed by atoms with van der Waals surface area (Å²) >= 11 is 0. The van der Waals surface area contributed by atoms with Crippen molar-refractivity contribution in [2.45, 2.75) is 57.1 Å². The highest BCUT2D eigenvalue weighted by molar-refractivity contribution is 5.82. The van der Waals surface area contributed by atoms with Crippen molar-refractivity contribution in [3.05, 3.63) is 54.4 Å². The van der Waals surface area contributed by atoms with Crippen molar-refractivity contribution < 1.29 is 20.1 Å². The molecule has 29 heavy (non-hydrogen) atoms. The number of aryl methyl sites for hydroxylation is 1. The normalized spacial score (nSPS) is 24.8. The van der Waals surface area contributed by atoms with Crippen LogP contribution < -0.4 is 0 Å². The number of nitrogens with zero attached hydrogens (tertiary/aromatic N) is 2. The molecule has 154 valence electrons. The van der Waals surface area contributed by atoms with Gasteiger partial charge in [0.25, 0.3) is 0 Å². The lowest BCUT2D eigenvalue weighted by molar-refractivity contribution is -0.179. The number of rotatable bonds is 6. The third-order valence-corrected chi connectivity index (χ3v) is 5.67. The van der Waals surface area contributed by atoms with Gasteiger partial charge < -0.3 is 24.6 Å². The SMILES string of the molecule is CCCCn1cnc2ccc(-c3cccc([C@H]4OC(CO)CC(O)C4O)c3)cc21. The van der Waals surface area contributed by atoms with Crippen LogP contribution in [0.4, 0.5) is 0 Å². The standard InChI is InChI=1S/C23H28N2O4/c1-2-3-9-25-14-24-19-8-7-16(11-20(19)25)15-5-4-6-17(10-15)23-22(28)21(27)12-18(13-26)29-23/h4-8,10-11,14,18,21-23,26-28H,2-3,9,12-13H2,1H3/t18?,21?,22?,23-/m1/s1. The van der Waals surface area contributed by atoms with Crippen molar-refractivity contribution in [1.82, 2.24) is 9.55 Å². The number of benzene rings is 2. The van der Waals surface area contributed by atoms with Crippen LogP contribution in [0, 0.1) is 0 Å². The van der Waals surface area contributed by atoms with Gasteiger partial charge in [0, 0.05) is 13.0 Å². The summed E-state index contributed by atoms with van der Waals surface area (Å²) in [6.07, 6.45) is 1.27. The number of ether oxygens (including phenoxy) is 1. The molecule has 0 aliphatic carbocycles. The van der Waals surface area contributed by atoms with Crippen LogP contribution in [0.3, 0.4) is 0 Å². The van der Waals surface area contributed by atoms with Crippen molar-refractivity contribution in [1.29, 1.82) is 0 Å². The Balaban J connectivity index is 1.66. The van der Waals surface area contributed by atoms with E-state index in [1.807, 2.05) is 42.7 Å². The van der Waals surface area contributed by atoms with E-state index in [-0.39, 0.29) is 13.0 Å². The van der Waals surface area contributed by atoms with E-state index in [2.05, 4.69) is 22.5 Å². The Labute approximate surface area is 170 Å². The number of imidazole rings is 1. The van der Waals surface area contributed by atoms with Crippen molar-refractivity contribution in [2.24, 2.45) is 0 Å². The molecular formula is C23H28N2O4. The lowest BCUT2D eigenvalue weighted by Crippen LogP contribution is -2.44. The fraction of sp³-hybridized carbons (Fsp3) is 0.435. The van der Waals surface area contributed by atoms with Gasteiger partial charge in [-0.1, -0.05) is 37.6 Å². The van der Waals surface area contributed by atoms with Crippen molar-refractivity contribution >= 4 is 11.0 Å². The Kier molecular flexibility index (Phi) is 5.96. The second-order valence-corrected chi connectivity index (χ2v) is 7.78. The lowest BCUT2D eigenvalue weighted by atomic mass is 9.91. The van der Waals surface area contributed by atoms with Crippen molar-refractivity contribution in [3.8, 4) is 11.1 Å². The predicted octanol–water partition coefficient (Wildman–Crippen LogP) is 3.05. The van der Waals surface area contributed by atoms with Crippen molar-refractivity contribution in [3.63, 3.8) is 0 Å². The monoisotopic (exact) mass is 396 g/mol. The molecule has 0 spiro atoms. The minimum Gasteiger partial charge on any atom is -0.394 e. The largest absolute Gasteiger partial charge is 0.394 e. The van der Waals surface area contributed by atoms with E-state index < -0.39 is 24.4 Å². The highest BCUT2D eigenvalue weighted by Crippen LogP contribution is 2.34. The van der Waals surface area contributed by atoms with E-state index >= 15 is 0 Å². The van der Waals surface area contributed by atoms with Gasteiger partial charge in [-0.15, -0.1) is 0 Å². The Morgan fingerprint density at radius 2 is 1.97 bits per heavy atom. The minimum absolute atomic E-state index is 0.182. The smallest absolute Gasteiger partial charge is 0.111 e. The molecule has 1 aromatic heterocycles. The Hall–Kier alpha value is -2.25. The lowest BCUT2D eigenvalue weighted by Gasteiger charge is -2.37. The predicted molar refractivity (Wildman–Crippen MR) is 111 cm³/mol. The van der Waals surface area contributed by atoms with Gasteiger partial charge in [0.1, 0.15) is 12.2 Å².